The molecule has 0 bridgehead atoms. The van der Waals surface area contributed by atoms with Crippen LogP contribution in [0.15, 0.2) is 70.8 Å². The molecule has 4 nitrogen and oxygen atoms in total. The van der Waals surface area contributed by atoms with Gasteiger partial charge in [-0.05, 0) is 0 Å². The molecule has 1 N–H and O–H groups in total. The summed E-state index contributed by atoms with van der Waals surface area (Å²) in [5.74, 6) is -0.688. The average molecular weight is 598 g/mol. The summed E-state index contributed by atoms with van der Waals surface area (Å²) >= 11 is -2.74. The minimum absolute atomic E-state index is 0.266. The number of amides is 1. The van der Waals surface area contributed by atoms with E-state index >= 15 is 0 Å². The second-order valence-corrected chi connectivity index (χ2v) is 23.0. The fourth-order valence-corrected chi connectivity index (χ4v) is 19.3. The molecule has 0 aliphatic rings. The first-order valence-corrected chi connectivity index (χ1v) is 21.3. The van der Waals surface area contributed by atoms with Crippen molar-refractivity contribution in [2.45, 2.75) is 84.6 Å². The van der Waals surface area contributed by atoms with E-state index in [2.05, 4.69) is 30.2 Å². The predicted octanol–water partition coefficient (Wildman–Crippen LogP) is 7.52. The predicted molar refractivity (Wildman–Crippen MR) is 153 cm³/mol. The maximum absolute atomic E-state index is 13.5. The van der Waals surface area contributed by atoms with Crippen LogP contribution in [0.3, 0.4) is 0 Å². The summed E-state index contributed by atoms with van der Waals surface area (Å²) in [6.07, 6.45) is 9.64. The van der Waals surface area contributed by atoms with E-state index in [0.29, 0.717) is 12.0 Å². The van der Waals surface area contributed by atoms with Crippen molar-refractivity contribution in [3.8, 4) is 0 Å². The summed E-state index contributed by atoms with van der Waals surface area (Å²) in [5, 5.41) is 3.12. The molecule has 0 unspecified atom stereocenters. The molecule has 0 saturated carbocycles. The number of unbranched alkanes of at least 4 members (excludes halogenated alkanes) is 3. The van der Waals surface area contributed by atoms with Crippen LogP contribution in [0.2, 0.25) is 13.3 Å². The molecule has 36 heavy (non-hydrogen) atoms. The standard InChI is InChI=1S/C19H18NO3.3C4H9.Sn/c1-3-19(18(22)23-2,14-15-10-6-4-7-11-15)20-17(21)16-12-8-5-9-13-16;3*1-3-4-2;/h1,3-13H,14H2,2H3,(H,20,21);3*1,3-4H2,2H3;/t19-;;;;/m0..../s1. The zero-order valence-electron chi connectivity index (χ0n) is 22.7. The Hall–Kier alpha value is -2.08. The van der Waals surface area contributed by atoms with E-state index in [1.165, 1.54) is 58.9 Å². The van der Waals surface area contributed by atoms with Gasteiger partial charge in [-0.2, -0.15) is 0 Å². The van der Waals surface area contributed by atoms with E-state index < -0.39 is 29.9 Å². The van der Waals surface area contributed by atoms with Crippen molar-refractivity contribution in [2.75, 3.05) is 7.11 Å². The molecule has 0 spiro atoms. The second kappa shape index (κ2) is 15.9. The van der Waals surface area contributed by atoms with Crippen LogP contribution in [-0.2, 0) is 16.0 Å². The van der Waals surface area contributed by atoms with E-state index in [1.54, 1.807) is 12.1 Å². The molecular formula is C31H45NO3Sn. The molecule has 2 aromatic carbocycles. The van der Waals surface area contributed by atoms with Crippen molar-refractivity contribution in [3.63, 3.8) is 0 Å². The Labute approximate surface area is 222 Å². The van der Waals surface area contributed by atoms with Gasteiger partial charge in [0.1, 0.15) is 0 Å². The van der Waals surface area contributed by atoms with E-state index in [-0.39, 0.29) is 5.91 Å². The molecule has 2 aromatic rings. The summed E-state index contributed by atoms with van der Waals surface area (Å²) in [5.41, 5.74) is 0.262. The second-order valence-electron chi connectivity index (χ2n) is 9.95. The van der Waals surface area contributed by atoms with Gasteiger partial charge < -0.3 is 0 Å². The van der Waals surface area contributed by atoms with Crippen molar-refractivity contribution in [3.05, 3.63) is 82.0 Å². The van der Waals surface area contributed by atoms with Gasteiger partial charge in [-0.25, -0.2) is 0 Å². The first kappa shape index (κ1) is 30.1. The molecule has 0 saturated heterocycles. The number of hydrogen-bond acceptors (Lipinski definition) is 3. The summed E-state index contributed by atoms with van der Waals surface area (Å²) in [4.78, 5) is 26.9. The van der Waals surface area contributed by atoms with Crippen LogP contribution in [0, 0.1) is 0 Å². The molecule has 1 amide bonds. The molecular weight excluding hydrogens is 553 g/mol. The summed E-state index contributed by atoms with van der Waals surface area (Å²) in [6.45, 7) is 6.77. The number of hydrogen-bond donors (Lipinski definition) is 1. The number of benzene rings is 2. The van der Waals surface area contributed by atoms with Crippen molar-refractivity contribution in [1.29, 1.82) is 0 Å². The molecule has 0 radical (unpaired) electrons. The maximum atomic E-state index is 13.5. The molecule has 0 aliphatic heterocycles. The van der Waals surface area contributed by atoms with Gasteiger partial charge >= 0.3 is 224 Å². The first-order chi connectivity index (χ1) is 17.4. The van der Waals surface area contributed by atoms with Gasteiger partial charge in [-0.1, -0.05) is 0 Å². The molecule has 1 atom stereocenters. The summed E-state index contributed by atoms with van der Waals surface area (Å²) in [7, 11) is 1.41. The van der Waals surface area contributed by atoms with E-state index in [1.807, 2.05) is 54.6 Å². The molecule has 0 aliphatic carbocycles. The van der Waals surface area contributed by atoms with E-state index in [9.17, 15) is 9.59 Å². The molecule has 0 aromatic heterocycles. The van der Waals surface area contributed by atoms with E-state index in [0.717, 1.165) is 5.56 Å². The average Bonchev–Trinajstić information content (AvgIpc) is 2.92. The van der Waals surface area contributed by atoms with Crippen LogP contribution in [0.4, 0.5) is 0 Å². The third kappa shape index (κ3) is 9.10. The fraction of sp³-hybridized carbons (Fsp3) is 0.484. The number of carbonyl (C=O) groups is 2. The van der Waals surface area contributed by atoms with Crippen molar-refractivity contribution < 1.29 is 14.3 Å². The van der Waals surface area contributed by atoms with Crippen LogP contribution >= 0.6 is 0 Å². The quantitative estimate of drug-likeness (QED) is 0.161. The van der Waals surface area contributed by atoms with Crippen LogP contribution < -0.4 is 5.32 Å². The van der Waals surface area contributed by atoms with Crippen molar-refractivity contribution in [2.24, 2.45) is 0 Å². The van der Waals surface area contributed by atoms with Crippen LogP contribution in [0.5, 0.6) is 0 Å². The number of nitrogens with one attached hydrogen (secondary N) is 1. The Bertz CT molecular complexity index is 923. The first-order valence-electron chi connectivity index (χ1n) is 13.6. The Morgan fingerprint density at radius 2 is 1.33 bits per heavy atom. The molecule has 5 heteroatoms. The normalized spacial score (nSPS) is 13.3. The topological polar surface area (TPSA) is 55.4 Å². The van der Waals surface area contributed by atoms with Crippen LogP contribution in [0.25, 0.3) is 0 Å². The van der Waals surface area contributed by atoms with Gasteiger partial charge in [0.15, 0.2) is 0 Å². The Balaban J connectivity index is 2.58. The Morgan fingerprint density at radius 3 is 1.81 bits per heavy atom. The van der Waals surface area contributed by atoms with Gasteiger partial charge in [-0.3, -0.25) is 0 Å². The molecule has 2 rings (SSSR count). The van der Waals surface area contributed by atoms with Crippen molar-refractivity contribution in [1.82, 2.24) is 5.32 Å². The van der Waals surface area contributed by atoms with Crippen molar-refractivity contribution >= 4 is 30.3 Å². The number of esters is 1. The third-order valence-electron chi connectivity index (χ3n) is 7.05. The minimum atomic E-state index is -2.74. The van der Waals surface area contributed by atoms with E-state index in [4.69, 9.17) is 4.74 Å². The number of rotatable bonds is 16. The SMILES string of the molecule is CCC[CH2][Sn](/[CH]=C/[C@@](Cc1ccccc1)(NC(=O)c1ccccc1)C(=O)OC)([CH2]CCC)[CH2]CCC. The monoisotopic (exact) mass is 599 g/mol. The Morgan fingerprint density at radius 1 is 0.833 bits per heavy atom. The Kier molecular flexibility index (Phi) is 13.3. The third-order valence-corrected chi connectivity index (χ3v) is 21.1. The van der Waals surface area contributed by atoms with Gasteiger partial charge in [0, 0.05) is 0 Å². The summed E-state index contributed by atoms with van der Waals surface area (Å²) in [6, 6.07) is 19.0. The van der Waals surface area contributed by atoms with Gasteiger partial charge in [0.2, 0.25) is 0 Å². The van der Waals surface area contributed by atoms with Gasteiger partial charge in [0.25, 0.3) is 0 Å². The van der Waals surface area contributed by atoms with Crippen LogP contribution in [-0.4, -0.2) is 42.9 Å². The zero-order chi connectivity index (χ0) is 26.3. The molecule has 0 fully saturated rings. The number of ether oxygens (including phenoxy) is 1. The fourth-order valence-electron chi connectivity index (χ4n) is 4.83. The van der Waals surface area contributed by atoms with Gasteiger partial charge in [-0.15, -0.1) is 0 Å². The zero-order valence-corrected chi connectivity index (χ0v) is 25.6. The molecule has 196 valence electrons. The van der Waals surface area contributed by atoms with Crippen LogP contribution in [0.1, 0.15) is 75.2 Å². The van der Waals surface area contributed by atoms with Gasteiger partial charge in [0.05, 0.1) is 0 Å². The number of methoxy groups -OCH3 is 1. The number of carbonyl (C=O) groups excluding carboxylic acids is 2. The molecule has 0 heterocycles. The summed E-state index contributed by atoms with van der Waals surface area (Å²) < 4.78 is 11.7.